The van der Waals surface area contributed by atoms with E-state index in [-0.39, 0.29) is 6.04 Å². The van der Waals surface area contributed by atoms with Crippen molar-refractivity contribution < 1.29 is 4.79 Å². The fraction of sp³-hybridized carbons (Fsp3) is 0.615. The Labute approximate surface area is 106 Å². The van der Waals surface area contributed by atoms with Crippen LogP contribution >= 0.6 is 11.3 Å². The number of rotatable bonds is 4. The van der Waals surface area contributed by atoms with Gasteiger partial charge < -0.3 is 10.2 Å². The van der Waals surface area contributed by atoms with Gasteiger partial charge >= 0.3 is 0 Å². The molecule has 2 aliphatic rings. The van der Waals surface area contributed by atoms with Crippen LogP contribution in [0.25, 0.3) is 0 Å². The van der Waals surface area contributed by atoms with Gasteiger partial charge in [0.1, 0.15) is 0 Å². The van der Waals surface area contributed by atoms with Crippen LogP contribution in [0.3, 0.4) is 0 Å². The van der Waals surface area contributed by atoms with Crippen LogP contribution < -0.4 is 5.32 Å². The first kappa shape index (κ1) is 11.2. The van der Waals surface area contributed by atoms with Crippen molar-refractivity contribution in [1.29, 1.82) is 0 Å². The maximum Gasteiger partial charge on any atom is 0.240 e. The molecule has 4 heteroatoms. The third kappa shape index (κ3) is 2.69. The number of amides is 1. The summed E-state index contributed by atoms with van der Waals surface area (Å²) in [4.78, 5) is 14.3. The number of thiophene rings is 1. The summed E-state index contributed by atoms with van der Waals surface area (Å²) in [5.74, 6) is 0.300. The summed E-state index contributed by atoms with van der Waals surface area (Å²) >= 11 is 1.70. The van der Waals surface area contributed by atoms with Crippen molar-refractivity contribution >= 4 is 17.2 Å². The normalized spacial score (nSPS) is 25.3. The van der Waals surface area contributed by atoms with Crippen LogP contribution in [0.2, 0.25) is 0 Å². The highest BCUT2D eigenvalue weighted by molar-refractivity contribution is 7.07. The fourth-order valence-electron chi connectivity index (χ4n) is 2.39. The molecular formula is C13H18N2OS. The summed E-state index contributed by atoms with van der Waals surface area (Å²) in [5.41, 5.74) is 1.26. The Bertz CT molecular complexity index is 386. The van der Waals surface area contributed by atoms with E-state index < -0.39 is 0 Å². The van der Waals surface area contributed by atoms with Crippen molar-refractivity contribution in [2.45, 2.75) is 44.3 Å². The average Bonchev–Trinajstić information content (AvgIpc) is 2.99. The van der Waals surface area contributed by atoms with E-state index in [4.69, 9.17) is 0 Å². The molecule has 1 saturated carbocycles. The van der Waals surface area contributed by atoms with Gasteiger partial charge in [0.15, 0.2) is 0 Å². The molecule has 1 unspecified atom stereocenters. The summed E-state index contributed by atoms with van der Waals surface area (Å²) in [5, 5.41) is 7.67. The maximum atomic E-state index is 12.3. The standard InChI is InChI=1S/C13H18N2OS/c16-13-12(14-11-3-4-11)2-1-6-15(13)8-10-5-7-17-9-10/h5,7,9,11-12,14H,1-4,6,8H2. The molecule has 1 aliphatic heterocycles. The average molecular weight is 250 g/mol. The first-order valence-corrected chi connectivity index (χ1v) is 7.33. The molecule has 17 heavy (non-hydrogen) atoms. The first-order valence-electron chi connectivity index (χ1n) is 6.39. The van der Waals surface area contributed by atoms with Gasteiger partial charge in [-0.3, -0.25) is 4.79 Å². The monoisotopic (exact) mass is 250 g/mol. The molecule has 92 valence electrons. The number of carbonyl (C=O) groups is 1. The van der Waals surface area contributed by atoms with Gasteiger partial charge in [-0.05, 0) is 48.1 Å². The number of hydrogen-bond acceptors (Lipinski definition) is 3. The van der Waals surface area contributed by atoms with Gasteiger partial charge in [-0.1, -0.05) is 0 Å². The Morgan fingerprint density at radius 1 is 1.41 bits per heavy atom. The predicted molar refractivity (Wildman–Crippen MR) is 68.9 cm³/mol. The second kappa shape index (κ2) is 4.78. The molecule has 2 heterocycles. The van der Waals surface area contributed by atoms with E-state index in [0.29, 0.717) is 11.9 Å². The van der Waals surface area contributed by atoms with E-state index in [2.05, 4.69) is 22.1 Å². The number of nitrogens with zero attached hydrogens (tertiary/aromatic N) is 1. The highest BCUT2D eigenvalue weighted by atomic mass is 32.1. The lowest BCUT2D eigenvalue weighted by Crippen LogP contribution is -2.50. The highest BCUT2D eigenvalue weighted by Gasteiger charge is 2.33. The van der Waals surface area contributed by atoms with Crippen LogP contribution in [0.4, 0.5) is 0 Å². The third-order valence-corrected chi connectivity index (χ3v) is 4.23. The largest absolute Gasteiger partial charge is 0.337 e. The molecule has 1 saturated heterocycles. The molecule has 1 aliphatic carbocycles. The Balaban J connectivity index is 1.61. The van der Waals surface area contributed by atoms with Crippen LogP contribution in [-0.4, -0.2) is 29.4 Å². The second-order valence-corrected chi connectivity index (χ2v) is 5.81. The van der Waals surface area contributed by atoms with E-state index >= 15 is 0 Å². The summed E-state index contributed by atoms with van der Waals surface area (Å²) in [6.07, 6.45) is 4.62. The van der Waals surface area contributed by atoms with Crippen molar-refractivity contribution in [3.8, 4) is 0 Å². The smallest absolute Gasteiger partial charge is 0.240 e. The number of carbonyl (C=O) groups excluding carboxylic acids is 1. The van der Waals surface area contributed by atoms with Crippen molar-refractivity contribution in [3.05, 3.63) is 22.4 Å². The topological polar surface area (TPSA) is 32.3 Å². The summed E-state index contributed by atoms with van der Waals surface area (Å²) in [6, 6.07) is 2.80. The molecule has 0 spiro atoms. The van der Waals surface area contributed by atoms with Crippen LogP contribution in [0.15, 0.2) is 16.8 Å². The number of hydrogen-bond donors (Lipinski definition) is 1. The van der Waals surface area contributed by atoms with Crippen LogP contribution in [0.5, 0.6) is 0 Å². The highest BCUT2D eigenvalue weighted by Crippen LogP contribution is 2.23. The lowest BCUT2D eigenvalue weighted by molar-refractivity contribution is -0.136. The van der Waals surface area contributed by atoms with Gasteiger partial charge in [0, 0.05) is 19.1 Å². The Kier molecular flexibility index (Phi) is 3.16. The van der Waals surface area contributed by atoms with Crippen molar-refractivity contribution in [3.63, 3.8) is 0 Å². The molecule has 1 N–H and O–H groups in total. The van der Waals surface area contributed by atoms with E-state index in [1.165, 1.54) is 18.4 Å². The van der Waals surface area contributed by atoms with Crippen molar-refractivity contribution in [2.75, 3.05) is 6.54 Å². The van der Waals surface area contributed by atoms with Crippen LogP contribution in [0, 0.1) is 0 Å². The minimum Gasteiger partial charge on any atom is -0.337 e. The SMILES string of the molecule is O=C1C(NC2CC2)CCCN1Cc1ccsc1. The predicted octanol–water partition coefficient (Wildman–Crippen LogP) is 1.99. The van der Waals surface area contributed by atoms with E-state index in [1.807, 2.05) is 4.90 Å². The maximum absolute atomic E-state index is 12.3. The van der Waals surface area contributed by atoms with E-state index in [9.17, 15) is 4.79 Å². The lowest BCUT2D eigenvalue weighted by atomic mass is 10.0. The number of piperidine rings is 1. The minimum atomic E-state index is 0.0786. The Hall–Kier alpha value is -0.870. The molecular weight excluding hydrogens is 232 g/mol. The number of nitrogens with one attached hydrogen (secondary N) is 1. The van der Waals surface area contributed by atoms with Gasteiger partial charge in [-0.15, -0.1) is 0 Å². The lowest BCUT2D eigenvalue weighted by Gasteiger charge is -2.32. The molecule has 0 bridgehead atoms. The Morgan fingerprint density at radius 3 is 3.00 bits per heavy atom. The van der Waals surface area contributed by atoms with Crippen molar-refractivity contribution in [2.24, 2.45) is 0 Å². The van der Waals surface area contributed by atoms with Gasteiger partial charge in [-0.2, -0.15) is 11.3 Å². The summed E-state index contributed by atoms with van der Waals surface area (Å²) in [6.45, 7) is 1.70. The van der Waals surface area contributed by atoms with Gasteiger partial charge in [-0.25, -0.2) is 0 Å². The Morgan fingerprint density at radius 2 is 2.29 bits per heavy atom. The molecule has 2 fully saturated rings. The molecule has 1 aromatic rings. The summed E-state index contributed by atoms with van der Waals surface area (Å²) < 4.78 is 0. The zero-order chi connectivity index (χ0) is 11.7. The van der Waals surface area contributed by atoms with Crippen LogP contribution in [-0.2, 0) is 11.3 Å². The third-order valence-electron chi connectivity index (χ3n) is 3.50. The first-order chi connectivity index (χ1) is 8.33. The van der Waals surface area contributed by atoms with Gasteiger partial charge in [0.05, 0.1) is 6.04 Å². The molecule has 1 aromatic heterocycles. The molecule has 3 nitrogen and oxygen atoms in total. The molecule has 1 amide bonds. The number of likely N-dealkylation sites (tertiary alicyclic amines) is 1. The fourth-order valence-corrected chi connectivity index (χ4v) is 3.05. The van der Waals surface area contributed by atoms with Gasteiger partial charge in [0.2, 0.25) is 5.91 Å². The molecule has 1 atom stereocenters. The molecule has 0 radical (unpaired) electrons. The van der Waals surface area contributed by atoms with Gasteiger partial charge in [0.25, 0.3) is 0 Å². The zero-order valence-corrected chi connectivity index (χ0v) is 10.7. The van der Waals surface area contributed by atoms with E-state index in [1.54, 1.807) is 11.3 Å². The minimum absolute atomic E-state index is 0.0786. The summed E-state index contributed by atoms with van der Waals surface area (Å²) in [7, 11) is 0. The van der Waals surface area contributed by atoms with Crippen LogP contribution in [0.1, 0.15) is 31.2 Å². The second-order valence-electron chi connectivity index (χ2n) is 5.03. The van der Waals surface area contributed by atoms with E-state index in [0.717, 1.165) is 25.9 Å². The van der Waals surface area contributed by atoms with Crippen molar-refractivity contribution in [1.82, 2.24) is 10.2 Å². The molecule has 0 aromatic carbocycles. The zero-order valence-electron chi connectivity index (χ0n) is 9.89. The quantitative estimate of drug-likeness (QED) is 0.886. The molecule has 3 rings (SSSR count).